The first kappa shape index (κ1) is 21.1. The molecule has 120 valence electrons. The van der Waals surface area contributed by atoms with Crippen molar-refractivity contribution in [1.29, 1.82) is 0 Å². The molecule has 1 aliphatic heterocycles. The van der Waals surface area contributed by atoms with Crippen LogP contribution in [0.4, 0.5) is 12.9 Å². The van der Waals surface area contributed by atoms with Gasteiger partial charge < -0.3 is 12.9 Å². The number of Topliss-reactive ketones (excluding diaryl/α,β-unsaturated/α-hetero) is 1. The molecule has 0 fully saturated rings. The van der Waals surface area contributed by atoms with Gasteiger partial charge in [0.05, 0.1) is 11.4 Å². The molecule has 0 aromatic heterocycles. The second-order valence-corrected chi connectivity index (χ2v) is 7.22. The zero-order valence-corrected chi connectivity index (χ0v) is 17.0. The fourth-order valence-corrected chi connectivity index (χ4v) is 3.81. The quantitative estimate of drug-likeness (QED) is 0.659. The molecule has 0 aliphatic carbocycles. The van der Waals surface area contributed by atoms with Crippen molar-refractivity contribution in [3.05, 3.63) is 40.9 Å². The molecule has 0 saturated carbocycles. The van der Waals surface area contributed by atoms with Crippen LogP contribution in [0.1, 0.15) is 12.5 Å². The molecule has 23 heavy (non-hydrogen) atoms. The minimum atomic E-state index is -5.43. The third-order valence-corrected chi connectivity index (χ3v) is 5.29. The van der Waals surface area contributed by atoms with Crippen molar-refractivity contribution in [3.8, 4) is 0 Å². The van der Waals surface area contributed by atoms with E-state index in [1.807, 2.05) is 0 Å². The maximum atomic E-state index is 12.8. The Morgan fingerprint density at radius 2 is 1.57 bits per heavy atom. The third-order valence-electron chi connectivity index (χ3n) is 3.48. The second-order valence-electron chi connectivity index (χ2n) is 5.28. The molecule has 0 unspecified atom stereocenters. The molecule has 0 atom stereocenters. The van der Waals surface area contributed by atoms with Crippen molar-refractivity contribution in [2.24, 2.45) is 0 Å². The molecule has 0 amide bonds. The van der Waals surface area contributed by atoms with Gasteiger partial charge in [0, 0.05) is 6.54 Å². The molecule has 1 aliphatic rings. The van der Waals surface area contributed by atoms with Gasteiger partial charge in [0.2, 0.25) is 10.0 Å². The molecule has 0 spiro atoms. The summed E-state index contributed by atoms with van der Waals surface area (Å²) >= 11 is 0. The molecule has 10 heteroatoms. The van der Waals surface area contributed by atoms with E-state index in [-0.39, 0.29) is 61.9 Å². The van der Waals surface area contributed by atoms with E-state index in [1.165, 1.54) is 12.1 Å². The Bertz CT molecular complexity index is 745. The Kier molecular flexibility index (Phi) is 6.88. The summed E-state index contributed by atoms with van der Waals surface area (Å²) in [6, 6.07) is 5.92. The zero-order chi connectivity index (χ0) is 16.7. The van der Waals surface area contributed by atoms with Crippen LogP contribution in [-0.4, -0.2) is 38.6 Å². The fourth-order valence-electron chi connectivity index (χ4n) is 2.38. The van der Waals surface area contributed by atoms with E-state index < -0.39 is 41.3 Å². The van der Waals surface area contributed by atoms with Crippen LogP contribution in [0.15, 0.2) is 40.2 Å². The van der Waals surface area contributed by atoms with Gasteiger partial charge in [-0.1, -0.05) is 28.7 Å². The predicted octanol–water partition coefficient (Wildman–Crippen LogP) is -0.724. The number of carbonyl (C=O) groups is 1. The van der Waals surface area contributed by atoms with Gasteiger partial charge in [0.25, 0.3) is 0 Å². The first-order chi connectivity index (χ1) is 10.0. The van der Waals surface area contributed by atoms with Crippen LogP contribution in [0, 0.1) is 6.92 Å². The van der Waals surface area contributed by atoms with Gasteiger partial charge >= 0.3 is 58.4 Å². The Hall–Kier alpha value is 0.0313. The van der Waals surface area contributed by atoms with Gasteiger partial charge in [-0.05, 0) is 26.0 Å². The Labute approximate surface area is 175 Å². The molecule has 1 heterocycles. The van der Waals surface area contributed by atoms with E-state index in [9.17, 15) is 26.2 Å². The Morgan fingerprint density at radius 1 is 1.04 bits per heavy atom. The SMILES string of the molecule is CC1=C([B-](F)(F)F)C(=O)CN(S(=O)(=O)c2ccc(C)cc2)C1.[K+]. The predicted molar refractivity (Wildman–Crippen MR) is 76.7 cm³/mol. The van der Waals surface area contributed by atoms with Crippen LogP contribution in [0.5, 0.6) is 0 Å². The summed E-state index contributed by atoms with van der Waals surface area (Å²) in [5, 5.41) is 0. The molecule has 0 N–H and O–H groups in total. The summed E-state index contributed by atoms with van der Waals surface area (Å²) in [4.78, 5) is 11.7. The van der Waals surface area contributed by atoms with Crippen molar-refractivity contribution in [1.82, 2.24) is 4.31 Å². The topological polar surface area (TPSA) is 54.5 Å². The summed E-state index contributed by atoms with van der Waals surface area (Å²) in [7, 11) is -4.00. The number of rotatable bonds is 3. The van der Waals surface area contributed by atoms with E-state index in [1.54, 1.807) is 19.1 Å². The number of halogens is 3. The van der Waals surface area contributed by atoms with E-state index in [0.29, 0.717) is 0 Å². The fraction of sp³-hybridized carbons (Fsp3) is 0.308. The molecular formula is C13H14BF3KNO3S. The Balaban J connectivity index is 0.00000264. The minimum absolute atomic E-state index is 0. The van der Waals surface area contributed by atoms with Gasteiger partial charge in [-0.25, -0.2) is 8.42 Å². The van der Waals surface area contributed by atoms with Gasteiger partial charge in [-0.2, -0.15) is 4.31 Å². The van der Waals surface area contributed by atoms with Crippen molar-refractivity contribution in [3.63, 3.8) is 0 Å². The van der Waals surface area contributed by atoms with Crippen molar-refractivity contribution in [2.75, 3.05) is 13.1 Å². The van der Waals surface area contributed by atoms with Crippen molar-refractivity contribution in [2.45, 2.75) is 18.7 Å². The first-order valence-electron chi connectivity index (χ1n) is 6.53. The van der Waals surface area contributed by atoms with Crippen LogP contribution in [0.25, 0.3) is 0 Å². The number of sulfonamides is 1. The van der Waals surface area contributed by atoms with Crippen molar-refractivity contribution < 1.29 is 77.5 Å². The molecule has 0 radical (unpaired) electrons. The van der Waals surface area contributed by atoms with Crippen molar-refractivity contribution >= 4 is 22.8 Å². The molecule has 0 saturated heterocycles. The summed E-state index contributed by atoms with van der Waals surface area (Å²) in [5.41, 5.74) is -0.596. The van der Waals surface area contributed by atoms with Crippen LogP contribution in [-0.2, 0) is 14.8 Å². The number of nitrogens with zero attached hydrogens (tertiary/aromatic N) is 1. The molecule has 0 bridgehead atoms. The number of hydrogen-bond donors (Lipinski definition) is 0. The normalized spacial score (nSPS) is 17.2. The summed E-state index contributed by atoms with van der Waals surface area (Å²) in [6.07, 6.45) is 0. The van der Waals surface area contributed by atoms with E-state index in [2.05, 4.69) is 0 Å². The van der Waals surface area contributed by atoms with E-state index in [0.717, 1.165) is 16.8 Å². The number of aryl methyl sites for hydroxylation is 1. The van der Waals surface area contributed by atoms with Gasteiger partial charge in [-0.3, -0.25) is 4.79 Å². The van der Waals surface area contributed by atoms with Crippen LogP contribution in [0.3, 0.4) is 0 Å². The molecule has 2 rings (SSSR count). The Morgan fingerprint density at radius 3 is 2.00 bits per heavy atom. The average Bonchev–Trinajstić information content (AvgIpc) is 2.36. The van der Waals surface area contributed by atoms with E-state index >= 15 is 0 Å². The number of hydrogen-bond acceptors (Lipinski definition) is 3. The zero-order valence-electron chi connectivity index (χ0n) is 13.0. The van der Waals surface area contributed by atoms with Gasteiger partial charge in [0.1, 0.15) is 5.78 Å². The van der Waals surface area contributed by atoms with Gasteiger partial charge in [-0.15, -0.1) is 0 Å². The number of benzene rings is 1. The monoisotopic (exact) mass is 371 g/mol. The molecule has 1 aromatic carbocycles. The third kappa shape index (κ3) is 4.56. The minimum Gasteiger partial charge on any atom is -0.445 e. The van der Waals surface area contributed by atoms with Crippen LogP contribution < -0.4 is 51.4 Å². The second kappa shape index (κ2) is 7.51. The largest absolute Gasteiger partial charge is 1.00 e. The summed E-state index contributed by atoms with van der Waals surface area (Å²) in [5.74, 6) is -1.20. The molecular weight excluding hydrogens is 357 g/mol. The summed E-state index contributed by atoms with van der Waals surface area (Å²) < 4.78 is 64.2. The number of ketones is 1. The molecule has 4 nitrogen and oxygen atoms in total. The van der Waals surface area contributed by atoms with Crippen LogP contribution in [0.2, 0.25) is 0 Å². The van der Waals surface area contributed by atoms with Crippen LogP contribution >= 0.6 is 0 Å². The smallest absolute Gasteiger partial charge is 0.445 e. The summed E-state index contributed by atoms with van der Waals surface area (Å²) in [6.45, 7) is -3.73. The molecule has 1 aromatic rings. The maximum absolute atomic E-state index is 12.8. The standard InChI is InChI=1S/C13H14BF3NO3S.K/c1-9-3-5-11(6-4-9)22(20,21)18-7-10(2)13(12(19)8-18)14(15,16)17;/h3-6H,7-8H2,1-2H3;/q-1;+1. The number of carbonyl (C=O) groups excluding carboxylic acids is 1. The first-order valence-corrected chi connectivity index (χ1v) is 7.97. The maximum Gasteiger partial charge on any atom is 1.00 e. The average molecular weight is 371 g/mol. The van der Waals surface area contributed by atoms with Gasteiger partial charge in [0.15, 0.2) is 0 Å². The van der Waals surface area contributed by atoms with E-state index in [4.69, 9.17) is 0 Å².